The molecular weight excluding hydrogens is 242 g/mol. The van der Waals surface area contributed by atoms with Crippen LogP contribution in [0.25, 0.3) is 0 Å². The predicted molar refractivity (Wildman–Crippen MR) is 70.4 cm³/mol. The molecule has 0 atom stereocenters. The number of aryl methyl sites for hydroxylation is 1. The summed E-state index contributed by atoms with van der Waals surface area (Å²) < 4.78 is 0. The Hall–Kier alpha value is -2.24. The second-order valence-electron chi connectivity index (χ2n) is 4.13. The third-order valence-corrected chi connectivity index (χ3v) is 2.85. The molecule has 100 valence electrons. The molecule has 0 saturated heterocycles. The highest BCUT2D eigenvalue weighted by atomic mass is 16.2. The fourth-order valence-corrected chi connectivity index (χ4v) is 1.73. The Kier molecular flexibility index (Phi) is 4.22. The molecule has 0 fully saturated rings. The van der Waals surface area contributed by atoms with Crippen LogP contribution in [-0.2, 0) is 13.0 Å². The summed E-state index contributed by atoms with van der Waals surface area (Å²) in [7, 11) is 0. The Morgan fingerprint density at radius 1 is 1.32 bits per heavy atom. The summed E-state index contributed by atoms with van der Waals surface area (Å²) in [6, 6.07) is 3.79. The Morgan fingerprint density at radius 2 is 2.05 bits per heavy atom. The molecule has 2 heterocycles. The number of aromatic amines is 1. The Bertz CT molecular complexity index is 537. The Morgan fingerprint density at radius 3 is 2.63 bits per heavy atom. The van der Waals surface area contributed by atoms with Crippen molar-refractivity contribution in [2.24, 2.45) is 0 Å². The summed E-state index contributed by atoms with van der Waals surface area (Å²) in [5.41, 5.74) is 1.04. The van der Waals surface area contributed by atoms with Crippen LogP contribution in [0.5, 0.6) is 0 Å². The van der Waals surface area contributed by atoms with Crippen LogP contribution < -0.4 is 0 Å². The minimum atomic E-state index is -0.157. The van der Waals surface area contributed by atoms with Crippen molar-refractivity contribution in [2.45, 2.75) is 26.8 Å². The second-order valence-corrected chi connectivity index (χ2v) is 4.13. The number of nitrogens with zero attached hydrogens (tertiary/aromatic N) is 4. The largest absolute Gasteiger partial charge is 0.332 e. The monoisotopic (exact) mass is 259 g/mol. The van der Waals surface area contributed by atoms with Gasteiger partial charge in [-0.05, 0) is 24.6 Å². The highest BCUT2D eigenvalue weighted by Crippen LogP contribution is 2.07. The zero-order chi connectivity index (χ0) is 13.7. The van der Waals surface area contributed by atoms with E-state index in [-0.39, 0.29) is 11.7 Å². The molecule has 1 amide bonds. The fourth-order valence-electron chi connectivity index (χ4n) is 1.73. The van der Waals surface area contributed by atoms with Crippen molar-refractivity contribution in [3.8, 4) is 0 Å². The van der Waals surface area contributed by atoms with E-state index in [2.05, 4.69) is 20.2 Å². The van der Waals surface area contributed by atoms with Crippen LogP contribution in [0, 0.1) is 0 Å². The minimum absolute atomic E-state index is 0.157. The van der Waals surface area contributed by atoms with Crippen molar-refractivity contribution in [1.29, 1.82) is 0 Å². The van der Waals surface area contributed by atoms with Crippen LogP contribution in [-0.4, -0.2) is 37.5 Å². The van der Waals surface area contributed by atoms with Gasteiger partial charge in [-0.1, -0.05) is 6.92 Å². The van der Waals surface area contributed by atoms with Crippen LogP contribution in [0.15, 0.2) is 24.5 Å². The van der Waals surface area contributed by atoms with Crippen molar-refractivity contribution < 1.29 is 4.79 Å². The summed E-state index contributed by atoms with van der Waals surface area (Å²) >= 11 is 0. The lowest BCUT2D eigenvalue weighted by atomic mass is 10.2. The van der Waals surface area contributed by atoms with Crippen molar-refractivity contribution in [2.75, 3.05) is 6.54 Å². The quantitative estimate of drug-likeness (QED) is 0.881. The maximum Gasteiger partial charge on any atom is 0.293 e. The Balaban J connectivity index is 2.11. The van der Waals surface area contributed by atoms with Crippen molar-refractivity contribution in [3.63, 3.8) is 0 Å². The molecule has 2 aromatic rings. The lowest BCUT2D eigenvalue weighted by Crippen LogP contribution is -2.31. The van der Waals surface area contributed by atoms with E-state index in [1.54, 1.807) is 17.3 Å². The van der Waals surface area contributed by atoms with E-state index in [0.29, 0.717) is 13.1 Å². The Labute approximate surface area is 111 Å². The lowest BCUT2D eigenvalue weighted by molar-refractivity contribution is 0.0740. The maximum atomic E-state index is 12.3. The van der Waals surface area contributed by atoms with Crippen molar-refractivity contribution >= 4 is 5.91 Å². The average Bonchev–Trinajstić information content (AvgIpc) is 2.94. The van der Waals surface area contributed by atoms with Gasteiger partial charge in [0.25, 0.3) is 5.91 Å². The first-order valence-electron chi connectivity index (χ1n) is 6.34. The van der Waals surface area contributed by atoms with E-state index < -0.39 is 0 Å². The molecular formula is C13H17N5O. The minimum Gasteiger partial charge on any atom is -0.332 e. The number of aromatic nitrogens is 4. The molecule has 0 aliphatic carbocycles. The SMILES string of the molecule is CCc1nc(C(=O)N(CC)Cc2ccncc2)n[nH]1. The predicted octanol–water partition coefficient (Wildman–Crippen LogP) is 1.42. The first kappa shape index (κ1) is 13.2. The highest BCUT2D eigenvalue weighted by molar-refractivity contribution is 5.90. The molecule has 0 aliphatic rings. The van der Waals surface area contributed by atoms with Crippen LogP contribution in [0.3, 0.4) is 0 Å². The maximum absolute atomic E-state index is 12.3. The van der Waals surface area contributed by atoms with E-state index in [0.717, 1.165) is 17.8 Å². The number of carbonyl (C=O) groups excluding carboxylic acids is 1. The van der Waals surface area contributed by atoms with Gasteiger partial charge in [-0.3, -0.25) is 14.9 Å². The summed E-state index contributed by atoms with van der Waals surface area (Å²) in [5.74, 6) is 0.798. The van der Waals surface area contributed by atoms with Gasteiger partial charge in [0.1, 0.15) is 5.82 Å². The molecule has 2 aromatic heterocycles. The van der Waals surface area contributed by atoms with Crippen LogP contribution in [0.1, 0.15) is 35.9 Å². The van der Waals surface area contributed by atoms with Gasteiger partial charge in [0, 0.05) is 31.9 Å². The van der Waals surface area contributed by atoms with Gasteiger partial charge in [0.05, 0.1) is 0 Å². The molecule has 2 rings (SSSR count). The van der Waals surface area contributed by atoms with E-state index in [9.17, 15) is 4.79 Å². The summed E-state index contributed by atoms with van der Waals surface area (Å²) in [6.45, 7) is 5.04. The molecule has 0 bridgehead atoms. The average molecular weight is 259 g/mol. The van der Waals surface area contributed by atoms with E-state index in [1.807, 2.05) is 26.0 Å². The van der Waals surface area contributed by atoms with Gasteiger partial charge in [0.2, 0.25) is 5.82 Å². The number of nitrogens with one attached hydrogen (secondary N) is 1. The number of carbonyl (C=O) groups is 1. The number of rotatable bonds is 5. The van der Waals surface area contributed by atoms with Gasteiger partial charge in [-0.25, -0.2) is 4.98 Å². The molecule has 0 aliphatic heterocycles. The molecule has 0 radical (unpaired) electrons. The zero-order valence-corrected chi connectivity index (χ0v) is 11.1. The molecule has 6 heteroatoms. The normalized spacial score (nSPS) is 10.4. The standard InChI is InChI=1S/C13H17N5O/c1-3-11-15-12(17-16-11)13(19)18(4-2)9-10-5-7-14-8-6-10/h5-8H,3-4,9H2,1-2H3,(H,15,16,17). The first-order chi connectivity index (χ1) is 9.24. The van der Waals surface area contributed by atoms with Crippen LogP contribution >= 0.6 is 0 Å². The molecule has 0 spiro atoms. The molecule has 0 aromatic carbocycles. The summed E-state index contributed by atoms with van der Waals surface area (Å²) in [5, 5.41) is 6.72. The second kappa shape index (κ2) is 6.08. The fraction of sp³-hybridized carbons (Fsp3) is 0.385. The molecule has 0 unspecified atom stereocenters. The number of amides is 1. The summed E-state index contributed by atoms with van der Waals surface area (Å²) in [4.78, 5) is 22.1. The number of H-pyrrole nitrogens is 1. The van der Waals surface area contributed by atoms with Gasteiger partial charge >= 0.3 is 0 Å². The van der Waals surface area contributed by atoms with Crippen LogP contribution in [0.2, 0.25) is 0 Å². The van der Waals surface area contributed by atoms with E-state index in [1.165, 1.54) is 0 Å². The topological polar surface area (TPSA) is 74.8 Å². The third-order valence-electron chi connectivity index (χ3n) is 2.85. The number of hydrogen-bond donors (Lipinski definition) is 1. The molecule has 19 heavy (non-hydrogen) atoms. The van der Waals surface area contributed by atoms with Crippen molar-refractivity contribution in [3.05, 3.63) is 41.7 Å². The van der Waals surface area contributed by atoms with Crippen LogP contribution in [0.4, 0.5) is 0 Å². The van der Waals surface area contributed by atoms with Crippen molar-refractivity contribution in [1.82, 2.24) is 25.1 Å². The highest BCUT2D eigenvalue weighted by Gasteiger charge is 2.18. The van der Waals surface area contributed by atoms with Gasteiger partial charge in [0.15, 0.2) is 0 Å². The van der Waals surface area contributed by atoms with E-state index in [4.69, 9.17) is 0 Å². The third kappa shape index (κ3) is 3.15. The number of pyridine rings is 1. The smallest absolute Gasteiger partial charge is 0.293 e. The molecule has 6 nitrogen and oxygen atoms in total. The molecule has 0 saturated carbocycles. The van der Waals surface area contributed by atoms with Gasteiger partial charge < -0.3 is 4.90 Å². The van der Waals surface area contributed by atoms with E-state index >= 15 is 0 Å². The summed E-state index contributed by atoms with van der Waals surface area (Å²) in [6.07, 6.45) is 4.17. The van der Waals surface area contributed by atoms with Gasteiger partial charge in [-0.2, -0.15) is 0 Å². The molecule has 1 N–H and O–H groups in total. The van der Waals surface area contributed by atoms with Gasteiger partial charge in [-0.15, -0.1) is 5.10 Å². The first-order valence-corrected chi connectivity index (χ1v) is 6.34. The lowest BCUT2D eigenvalue weighted by Gasteiger charge is -2.19. The zero-order valence-electron chi connectivity index (χ0n) is 11.1. The number of hydrogen-bond acceptors (Lipinski definition) is 4.